The molecule has 104 valence electrons. The van der Waals surface area contributed by atoms with E-state index in [0.717, 1.165) is 6.07 Å². The molecule has 6 nitrogen and oxygen atoms in total. The number of rotatable bonds is 3. The van der Waals surface area contributed by atoms with Gasteiger partial charge < -0.3 is 5.32 Å². The van der Waals surface area contributed by atoms with Crippen LogP contribution in [0.2, 0.25) is 5.02 Å². The third kappa shape index (κ3) is 3.35. The molecule has 0 heterocycles. The summed E-state index contributed by atoms with van der Waals surface area (Å²) in [6.07, 6.45) is 0. The van der Waals surface area contributed by atoms with E-state index in [-0.39, 0.29) is 16.3 Å². The summed E-state index contributed by atoms with van der Waals surface area (Å²) in [7, 11) is 0. The minimum absolute atomic E-state index is 0.00431. The van der Waals surface area contributed by atoms with Gasteiger partial charge in [0, 0.05) is 17.8 Å². The molecular formula is C14H8ClN3O3. The molecule has 0 fully saturated rings. The van der Waals surface area contributed by atoms with E-state index < -0.39 is 10.8 Å². The van der Waals surface area contributed by atoms with E-state index in [1.165, 1.54) is 12.1 Å². The lowest BCUT2D eigenvalue weighted by Gasteiger charge is -2.06. The number of non-ortho nitro benzene ring substituents is 1. The summed E-state index contributed by atoms with van der Waals surface area (Å²) < 4.78 is 0. The summed E-state index contributed by atoms with van der Waals surface area (Å²) in [6, 6.07) is 11.9. The quantitative estimate of drug-likeness (QED) is 0.694. The zero-order valence-electron chi connectivity index (χ0n) is 10.5. The molecule has 0 radical (unpaired) electrons. The SMILES string of the molecule is N#Cc1ccc(NC(=O)c2ccc([N+](=O)[O-])cc2Cl)cc1. The Hall–Kier alpha value is -2.91. The predicted molar refractivity (Wildman–Crippen MR) is 77.2 cm³/mol. The third-order valence-electron chi connectivity index (χ3n) is 2.68. The van der Waals surface area contributed by atoms with Crippen LogP contribution < -0.4 is 5.32 Å². The molecule has 0 spiro atoms. The summed E-state index contributed by atoms with van der Waals surface area (Å²) >= 11 is 5.87. The highest BCUT2D eigenvalue weighted by Gasteiger charge is 2.15. The van der Waals surface area contributed by atoms with Gasteiger partial charge in [0.15, 0.2) is 0 Å². The Morgan fingerprint density at radius 3 is 2.43 bits per heavy atom. The average Bonchev–Trinajstić information content (AvgIpc) is 2.47. The number of hydrogen-bond acceptors (Lipinski definition) is 4. The summed E-state index contributed by atoms with van der Waals surface area (Å²) in [6.45, 7) is 0. The Labute approximate surface area is 124 Å². The van der Waals surface area contributed by atoms with Gasteiger partial charge in [0.2, 0.25) is 0 Å². The van der Waals surface area contributed by atoms with E-state index in [4.69, 9.17) is 16.9 Å². The fraction of sp³-hybridized carbons (Fsp3) is 0. The van der Waals surface area contributed by atoms with Crippen molar-refractivity contribution in [2.24, 2.45) is 0 Å². The monoisotopic (exact) mass is 301 g/mol. The Morgan fingerprint density at radius 1 is 1.24 bits per heavy atom. The van der Waals surface area contributed by atoms with Gasteiger partial charge in [0.05, 0.1) is 27.1 Å². The Bertz CT molecular complexity index is 751. The van der Waals surface area contributed by atoms with Crippen LogP contribution in [-0.4, -0.2) is 10.8 Å². The van der Waals surface area contributed by atoms with Gasteiger partial charge in [-0.2, -0.15) is 5.26 Å². The van der Waals surface area contributed by atoms with Crippen molar-refractivity contribution in [3.63, 3.8) is 0 Å². The highest BCUT2D eigenvalue weighted by atomic mass is 35.5. The van der Waals surface area contributed by atoms with Crippen LogP contribution in [0.4, 0.5) is 11.4 Å². The molecule has 7 heteroatoms. The Kier molecular flexibility index (Phi) is 4.16. The summed E-state index contributed by atoms with van der Waals surface area (Å²) in [5, 5.41) is 21.9. The molecule has 0 atom stereocenters. The van der Waals surface area contributed by atoms with Crippen molar-refractivity contribution in [1.82, 2.24) is 0 Å². The smallest absolute Gasteiger partial charge is 0.270 e. The van der Waals surface area contributed by atoms with Crippen LogP contribution in [0.5, 0.6) is 0 Å². The highest BCUT2D eigenvalue weighted by molar-refractivity contribution is 6.34. The van der Waals surface area contributed by atoms with Crippen LogP contribution in [-0.2, 0) is 0 Å². The normalized spacial score (nSPS) is 9.71. The molecule has 0 aliphatic heterocycles. The topological polar surface area (TPSA) is 96.0 Å². The van der Waals surface area contributed by atoms with Gasteiger partial charge in [-0.05, 0) is 30.3 Å². The molecule has 0 bridgehead atoms. The van der Waals surface area contributed by atoms with Gasteiger partial charge in [-0.1, -0.05) is 11.6 Å². The number of carbonyl (C=O) groups is 1. The van der Waals surface area contributed by atoms with Gasteiger partial charge >= 0.3 is 0 Å². The molecule has 2 aromatic rings. The minimum Gasteiger partial charge on any atom is -0.322 e. The molecule has 2 aromatic carbocycles. The Balaban J connectivity index is 2.20. The van der Waals surface area contributed by atoms with Gasteiger partial charge in [0.1, 0.15) is 0 Å². The van der Waals surface area contributed by atoms with Crippen molar-refractivity contribution in [3.8, 4) is 6.07 Å². The van der Waals surface area contributed by atoms with Crippen LogP contribution in [0.25, 0.3) is 0 Å². The van der Waals surface area contributed by atoms with Crippen LogP contribution in [0.15, 0.2) is 42.5 Å². The van der Waals surface area contributed by atoms with Gasteiger partial charge in [-0.15, -0.1) is 0 Å². The highest BCUT2D eigenvalue weighted by Crippen LogP contribution is 2.23. The molecular weight excluding hydrogens is 294 g/mol. The number of nitrogens with one attached hydrogen (secondary N) is 1. The van der Waals surface area contributed by atoms with Crippen molar-refractivity contribution in [2.45, 2.75) is 0 Å². The van der Waals surface area contributed by atoms with Crippen molar-refractivity contribution in [2.75, 3.05) is 5.32 Å². The van der Waals surface area contributed by atoms with E-state index in [9.17, 15) is 14.9 Å². The standard InChI is InChI=1S/C14H8ClN3O3/c15-13-7-11(18(20)21)5-6-12(13)14(19)17-10-3-1-9(8-16)2-4-10/h1-7H,(H,17,19). The van der Waals surface area contributed by atoms with E-state index in [1.54, 1.807) is 24.3 Å². The average molecular weight is 302 g/mol. The van der Waals surface area contributed by atoms with Crippen molar-refractivity contribution in [1.29, 1.82) is 5.26 Å². The zero-order chi connectivity index (χ0) is 15.4. The van der Waals surface area contributed by atoms with Gasteiger partial charge in [0.25, 0.3) is 11.6 Å². The number of carbonyl (C=O) groups excluding carboxylic acids is 1. The fourth-order valence-corrected chi connectivity index (χ4v) is 1.89. The number of hydrogen-bond donors (Lipinski definition) is 1. The maximum absolute atomic E-state index is 12.0. The number of amides is 1. The number of nitro groups is 1. The summed E-state index contributed by atoms with van der Waals surface area (Å²) in [5.41, 5.74) is 0.913. The first-order valence-corrected chi connectivity index (χ1v) is 6.14. The molecule has 1 N–H and O–H groups in total. The molecule has 0 aliphatic carbocycles. The number of nitrogens with zero attached hydrogens (tertiary/aromatic N) is 2. The van der Waals surface area contributed by atoms with Crippen LogP contribution in [0.3, 0.4) is 0 Å². The van der Waals surface area contributed by atoms with Gasteiger partial charge in [-0.25, -0.2) is 0 Å². The third-order valence-corrected chi connectivity index (χ3v) is 2.99. The van der Waals surface area contributed by atoms with E-state index in [0.29, 0.717) is 11.3 Å². The van der Waals surface area contributed by atoms with Gasteiger partial charge in [-0.3, -0.25) is 14.9 Å². The molecule has 0 unspecified atom stereocenters. The predicted octanol–water partition coefficient (Wildman–Crippen LogP) is 3.37. The molecule has 0 aromatic heterocycles. The fourth-order valence-electron chi connectivity index (χ4n) is 1.63. The minimum atomic E-state index is -0.589. The molecule has 1 amide bonds. The van der Waals surface area contributed by atoms with Crippen molar-refractivity contribution >= 4 is 28.9 Å². The summed E-state index contributed by atoms with van der Waals surface area (Å²) in [5.74, 6) is -0.486. The lowest BCUT2D eigenvalue weighted by molar-refractivity contribution is -0.384. The number of halogens is 1. The molecule has 21 heavy (non-hydrogen) atoms. The van der Waals surface area contributed by atoms with E-state index >= 15 is 0 Å². The van der Waals surface area contributed by atoms with Crippen LogP contribution in [0.1, 0.15) is 15.9 Å². The molecule has 0 aliphatic rings. The first-order chi connectivity index (χ1) is 10.0. The molecule has 0 saturated carbocycles. The van der Waals surface area contributed by atoms with E-state index in [1.807, 2.05) is 6.07 Å². The number of nitriles is 1. The van der Waals surface area contributed by atoms with Crippen LogP contribution in [0, 0.1) is 21.4 Å². The van der Waals surface area contributed by atoms with E-state index in [2.05, 4.69) is 5.32 Å². The second kappa shape index (κ2) is 6.03. The maximum atomic E-state index is 12.0. The Morgan fingerprint density at radius 2 is 1.90 bits per heavy atom. The number of anilines is 1. The molecule has 0 saturated heterocycles. The summed E-state index contributed by atoms with van der Waals surface area (Å²) in [4.78, 5) is 22.1. The molecule has 2 rings (SSSR count). The number of benzene rings is 2. The largest absolute Gasteiger partial charge is 0.322 e. The second-order valence-electron chi connectivity index (χ2n) is 4.06. The lowest BCUT2D eigenvalue weighted by Crippen LogP contribution is -2.12. The zero-order valence-corrected chi connectivity index (χ0v) is 11.3. The van der Waals surface area contributed by atoms with Crippen molar-refractivity contribution in [3.05, 3.63) is 68.7 Å². The first-order valence-electron chi connectivity index (χ1n) is 5.76. The van der Waals surface area contributed by atoms with Crippen molar-refractivity contribution < 1.29 is 9.72 Å². The first kappa shape index (κ1) is 14.5. The maximum Gasteiger partial charge on any atom is 0.270 e. The number of nitro benzene ring substituents is 1. The lowest BCUT2D eigenvalue weighted by atomic mass is 10.1. The van der Waals surface area contributed by atoms with Crippen LogP contribution >= 0.6 is 11.6 Å². The second-order valence-corrected chi connectivity index (χ2v) is 4.47.